The van der Waals surface area contributed by atoms with Gasteiger partial charge in [0.15, 0.2) is 11.5 Å². The number of nitrogens with one attached hydrogen (secondary N) is 1. The number of halogens is 1. The van der Waals surface area contributed by atoms with Crippen LogP contribution >= 0.6 is 15.9 Å². The molecule has 2 heterocycles. The monoisotopic (exact) mass is 531 g/mol. The van der Waals surface area contributed by atoms with Crippen LogP contribution in [0, 0.1) is 0 Å². The molecule has 9 nitrogen and oxygen atoms in total. The molecule has 4 rings (SSSR count). The highest BCUT2D eigenvalue weighted by atomic mass is 79.9. The van der Waals surface area contributed by atoms with Crippen molar-refractivity contribution in [3.63, 3.8) is 0 Å². The zero-order chi connectivity index (χ0) is 24.2. The molecule has 0 bridgehead atoms. The van der Waals surface area contributed by atoms with E-state index in [-0.39, 0.29) is 22.0 Å². The molecule has 2 aromatic carbocycles. The van der Waals surface area contributed by atoms with Gasteiger partial charge in [-0.15, -0.1) is 0 Å². The number of rotatable bonds is 3. The van der Waals surface area contributed by atoms with Crippen molar-refractivity contribution in [2.75, 3.05) is 12.4 Å². The molecule has 1 aliphatic rings. The van der Waals surface area contributed by atoms with Crippen molar-refractivity contribution in [3.8, 4) is 0 Å². The summed E-state index contributed by atoms with van der Waals surface area (Å²) in [5, 5.41) is 21.4. The molecule has 1 aromatic heterocycles. The average Bonchev–Trinajstić information content (AvgIpc) is 2.79. The molecule has 0 atom stereocenters. The van der Waals surface area contributed by atoms with Crippen molar-refractivity contribution in [2.24, 2.45) is 0 Å². The number of anilines is 1. The number of sulfonamides is 1. The fourth-order valence-electron chi connectivity index (χ4n) is 2.93. The lowest BCUT2D eigenvalue weighted by Crippen LogP contribution is -2.37. The fraction of sp³-hybridized carbons (Fsp3) is 0.0455. The van der Waals surface area contributed by atoms with E-state index in [0.717, 1.165) is 4.31 Å². The van der Waals surface area contributed by atoms with Crippen molar-refractivity contribution < 1.29 is 28.2 Å². The SMILES string of the molecule is CN1C(C(=O)Nc2ccccn2)=C(O)c2ccccc2S1(=O)=O.O=C(O)c1ccccc1Br. The third-order valence-electron chi connectivity index (χ3n) is 4.55. The molecule has 3 N–H and O–H groups in total. The number of nitrogens with zero attached hydrogens (tertiary/aromatic N) is 2. The molecule has 33 heavy (non-hydrogen) atoms. The summed E-state index contributed by atoms with van der Waals surface area (Å²) in [5.41, 5.74) is 0.0358. The van der Waals surface area contributed by atoms with Crippen LogP contribution in [0.4, 0.5) is 5.82 Å². The first-order valence-electron chi connectivity index (χ1n) is 9.36. The number of aromatic nitrogens is 1. The number of carboxylic acid groups (broad SMARTS) is 1. The Labute approximate surface area is 198 Å². The largest absolute Gasteiger partial charge is 0.505 e. The van der Waals surface area contributed by atoms with Crippen LogP contribution < -0.4 is 5.32 Å². The molecule has 3 aromatic rings. The van der Waals surface area contributed by atoms with E-state index in [1.807, 2.05) is 0 Å². The van der Waals surface area contributed by atoms with E-state index in [1.165, 1.54) is 25.4 Å². The normalized spacial score (nSPS) is 13.9. The molecule has 0 saturated carbocycles. The number of carbonyl (C=O) groups is 2. The highest BCUT2D eigenvalue weighted by Gasteiger charge is 2.37. The van der Waals surface area contributed by atoms with Crippen LogP contribution in [-0.2, 0) is 14.8 Å². The Hall–Kier alpha value is -3.70. The van der Waals surface area contributed by atoms with Gasteiger partial charge in [0.2, 0.25) is 0 Å². The number of carboxylic acids is 1. The Kier molecular flexibility index (Phi) is 7.14. The number of aliphatic hydroxyl groups is 1. The second-order valence-corrected chi connectivity index (χ2v) is 9.41. The molecule has 0 spiro atoms. The van der Waals surface area contributed by atoms with Crippen molar-refractivity contribution >= 4 is 49.4 Å². The Bertz CT molecular complexity index is 1340. The van der Waals surface area contributed by atoms with Crippen molar-refractivity contribution in [3.05, 3.63) is 94.2 Å². The maximum atomic E-state index is 12.5. The maximum absolute atomic E-state index is 12.5. The lowest BCUT2D eigenvalue weighted by molar-refractivity contribution is -0.113. The van der Waals surface area contributed by atoms with Gasteiger partial charge in [0.25, 0.3) is 15.9 Å². The van der Waals surface area contributed by atoms with Crippen LogP contribution in [0.15, 0.2) is 88.0 Å². The zero-order valence-corrected chi connectivity index (χ0v) is 19.5. The smallest absolute Gasteiger partial charge is 0.336 e. The third-order valence-corrected chi connectivity index (χ3v) is 7.05. The van der Waals surface area contributed by atoms with Crippen molar-refractivity contribution in [2.45, 2.75) is 4.90 Å². The highest BCUT2D eigenvalue weighted by Crippen LogP contribution is 2.34. The van der Waals surface area contributed by atoms with Crippen LogP contribution in [0.2, 0.25) is 0 Å². The number of likely N-dealkylation sites (N-methyl/N-ethyl adjacent to an activating group) is 1. The predicted molar refractivity (Wildman–Crippen MR) is 125 cm³/mol. The third kappa shape index (κ3) is 5.04. The number of hydrogen-bond donors (Lipinski definition) is 3. The topological polar surface area (TPSA) is 137 Å². The Morgan fingerprint density at radius 3 is 2.24 bits per heavy atom. The van der Waals surface area contributed by atoms with Gasteiger partial charge in [0.1, 0.15) is 5.82 Å². The van der Waals surface area contributed by atoms with E-state index in [9.17, 15) is 23.1 Å². The Morgan fingerprint density at radius 1 is 1.00 bits per heavy atom. The van der Waals surface area contributed by atoms with Crippen molar-refractivity contribution in [1.82, 2.24) is 9.29 Å². The number of aromatic carboxylic acids is 1. The van der Waals surface area contributed by atoms with Crippen molar-refractivity contribution in [1.29, 1.82) is 0 Å². The van der Waals surface area contributed by atoms with Gasteiger partial charge in [0.05, 0.1) is 10.5 Å². The number of carbonyl (C=O) groups excluding carboxylic acids is 1. The Balaban J connectivity index is 0.000000257. The van der Waals surface area contributed by atoms with Crippen LogP contribution in [0.1, 0.15) is 15.9 Å². The van der Waals surface area contributed by atoms with Gasteiger partial charge in [0, 0.05) is 23.3 Å². The van der Waals surface area contributed by atoms with Gasteiger partial charge in [-0.05, 0) is 52.3 Å². The van der Waals surface area contributed by atoms with Gasteiger partial charge < -0.3 is 15.5 Å². The molecule has 170 valence electrons. The number of aliphatic hydroxyl groups excluding tert-OH is 1. The Morgan fingerprint density at radius 2 is 1.64 bits per heavy atom. The van der Waals surface area contributed by atoms with Crippen LogP contribution in [0.25, 0.3) is 5.76 Å². The fourth-order valence-corrected chi connectivity index (χ4v) is 4.78. The molecule has 0 fully saturated rings. The standard InChI is InChI=1S/C15H13N3O4S.C7H5BrO2/c1-18-13(15(20)17-12-8-4-5-9-16-12)14(19)10-6-2-3-7-11(10)23(18,21)22;8-6-4-2-1-3-5(6)7(9)10/h2-9,19H,1H3,(H,16,17,20);1-4H,(H,9,10). The summed E-state index contributed by atoms with van der Waals surface area (Å²) in [6.45, 7) is 0. The van der Waals surface area contributed by atoms with E-state index in [4.69, 9.17) is 5.11 Å². The molecule has 1 aliphatic heterocycles. The lowest BCUT2D eigenvalue weighted by atomic mass is 10.1. The van der Waals surface area contributed by atoms with E-state index in [1.54, 1.807) is 54.6 Å². The number of hydrogen-bond acceptors (Lipinski definition) is 6. The van der Waals surface area contributed by atoms with Gasteiger partial charge in [-0.3, -0.25) is 9.10 Å². The molecule has 11 heteroatoms. The molecule has 0 unspecified atom stereocenters. The summed E-state index contributed by atoms with van der Waals surface area (Å²) in [6, 6.07) is 17.6. The van der Waals surface area contributed by atoms with Gasteiger partial charge in [-0.25, -0.2) is 18.2 Å². The molecule has 0 aliphatic carbocycles. The van der Waals surface area contributed by atoms with Crippen LogP contribution in [0.3, 0.4) is 0 Å². The number of fused-ring (bicyclic) bond motifs is 1. The van der Waals surface area contributed by atoms with Gasteiger partial charge in [-0.2, -0.15) is 0 Å². The van der Waals surface area contributed by atoms with E-state index in [2.05, 4.69) is 26.2 Å². The number of amides is 1. The van der Waals surface area contributed by atoms with Gasteiger partial charge >= 0.3 is 5.97 Å². The minimum Gasteiger partial charge on any atom is -0.505 e. The quantitative estimate of drug-likeness (QED) is 0.468. The first-order chi connectivity index (χ1) is 15.6. The second kappa shape index (κ2) is 9.84. The zero-order valence-electron chi connectivity index (χ0n) is 17.1. The predicted octanol–water partition coefficient (Wildman–Crippen LogP) is 3.73. The summed E-state index contributed by atoms with van der Waals surface area (Å²) in [4.78, 5) is 26.7. The van der Waals surface area contributed by atoms with E-state index in [0.29, 0.717) is 10.0 Å². The van der Waals surface area contributed by atoms with E-state index >= 15 is 0 Å². The average molecular weight is 532 g/mol. The van der Waals surface area contributed by atoms with Gasteiger partial charge in [-0.1, -0.05) is 30.3 Å². The van der Waals surface area contributed by atoms with E-state index < -0.39 is 27.7 Å². The summed E-state index contributed by atoms with van der Waals surface area (Å²) >= 11 is 3.12. The summed E-state index contributed by atoms with van der Waals surface area (Å²) in [7, 11) is -2.69. The summed E-state index contributed by atoms with van der Waals surface area (Å²) < 4.78 is 26.4. The first kappa shape index (κ1) is 24.0. The first-order valence-corrected chi connectivity index (χ1v) is 11.6. The molecule has 1 amide bonds. The second-order valence-electron chi connectivity index (χ2n) is 6.62. The van der Waals surface area contributed by atoms with Crippen LogP contribution in [-0.4, -0.2) is 46.8 Å². The summed E-state index contributed by atoms with van der Waals surface area (Å²) in [6.07, 6.45) is 1.49. The number of pyridine rings is 1. The summed E-state index contributed by atoms with van der Waals surface area (Å²) in [5.74, 6) is -1.82. The minimum atomic E-state index is -3.91. The molecule has 0 radical (unpaired) electrons. The molecular weight excluding hydrogens is 514 g/mol. The highest BCUT2D eigenvalue weighted by molar-refractivity contribution is 9.10. The minimum absolute atomic E-state index is 0.0469. The molecular formula is C22H18BrN3O6S. The van der Waals surface area contributed by atoms with Crippen LogP contribution in [0.5, 0.6) is 0 Å². The lowest BCUT2D eigenvalue weighted by Gasteiger charge is -2.28. The maximum Gasteiger partial charge on any atom is 0.336 e. The number of benzene rings is 2. The molecule has 0 saturated heterocycles.